The third-order valence-corrected chi connectivity index (χ3v) is 3.71. The first-order valence-electron chi connectivity index (χ1n) is 6.72. The van der Waals surface area contributed by atoms with Crippen LogP contribution in [0.1, 0.15) is 18.9 Å². The van der Waals surface area contributed by atoms with E-state index in [4.69, 9.17) is 5.11 Å². The second-order valence-electron chi connectivity index (χ2n) is 5.56. The van der Waals surface area contributed by atoms with Crippen LogP contribution in [0.5, 0.6) is 0 Å². The number of likely N-dealkylation sites (N-methyl/N-ethyl adjacent to an activating group) is 1. The minimum atomic E-state index is -0.732. The molecule has 0 amide bonds. The Morgan fingerprint density at radius 3 is 2.53 bits per heavy atom. The highest BCUT2D eigenvalue weighted by molar-refractivity contribution is 5.69. The van der Waals surface area contributed by atoms with Crippen molar-refractivity contribution < 1.29 is 9.90 Å². The molecule has 1 aromatic carbocycles. The normalized spacial score (nSPS) is 24.5. The van der Waals surface area contributed by atoms with Crippen LogP contribution in [0.3, 0.4) is 0 Å². The molecule has 104 valence electrons. The van der Waals surface area contributed by atoms with E-state index in [0.717, 1.165) is 18.8 Å². The number of nitrogens with zero attached hydrogens (tertiary/aromatic N) is 2. The fourth-order valence-electron chi connectivity index (χ4n) is 2.97. The fourth-order valence-corrected chi connectivity index (χ4v) is 2.97. The Hall–Kier alpha value is -1.55. The number of benzene rings is 1. The van der Waals surface area contributed by atoms with Crippen molar-refractivity contribution in [2.24, 2.45) is 0 Å². The smallest absolute Gasteiger partial charge is 0.305 e. The molecular weight excluding hydrogens is 240 g/mol. The number of aryl methyl sites for hydroxylation is 1. The molecule has 1 aliphatic rings. The van der Waals surface area contributed by atoms with Crippen LogP contribution in [0.15, 0.2) is 24.3 Å². The maximum Gasteiger partial charge on any atom is 0.305 e. The number of anilines is 1. The monoisotopic (exact) mass is 262 g/mol. The van der Waals surface area contributed by atoms with Crippen molar-refractivity contribution in [1.82, 2.24) is 4.90 Å². The summed E-state index contributed by atoms with van der Waals surface area (Å²) in [4.78, 5) is 15.5. The van der Waals surface area contributed by atoms with Gasteiger partial charge in [0.15, 0.2) is 0 Å². The van der Waals surface area contributed by atoms with E-state index in [1.807, 2.05) is 0 Å². The van der Waals surface area contributed by atoms with Crippen molar-refractivity contribution >= 4 is 11.7 Å². The molecule has 1 N–H and O–H groups in total. The Labute approximate surface area is 114 Å². The number of aliphatic carboxylic acids is 1. The zero-order valence-corrected chi connectivity index (χ0v) is 11.8. The number of carbonyl (C=O) groups is 1. The predicted molar refractivity (Wildman–Crippen MR) is 76.7 cm³/mol. The van der Waals surface area contributed by atoms with E-state index in [-0.39, 0.29) is 12.5 Å². The first-order valence-corrected chi connectivity index (χ1v) is 6.72. The van der Waals surface area contributed by atoms with Gasteiger partial charge in [0.05, 0.1) is 12.5 Å². The van der Waals surface area contributed by atoms with E-state index in [0.29, 0.717) is 6.04 Å². The number of hydrogen-bond acceptors (Lipinski definition) is 3. The van der Waals surface area contributed by atoms with Gasteiger partial charge < -0.3 is 14.9 Å². The summed E-state index contributed by atoms with van der Waals surface area (Å²) in [6, 6.07) is 8.70. The van der Waals surface area contributed by atoms with Crippen LogP contribution in [-0.2, 0) is 4.79 Å². The predicted octanol–water partition coefficient (Wildman–Crippen LogP) is 1.98. The lowest BCUT2D eigenvalue weighted by Gasteiger charge is -2.45. The summed E-state index contributed by atoms with van der Waals surface area (Å²) in [6.45, 7) is 5.98. The van der Waals surface area contributed by atoms with Gasteiger partial charge >= 0.3 is 5.97 Å². The minimum absolute atomic E-state index is 0.0361. The lowest BCUT2D eigenvalue weighted by Crippen LogP contribution is -2.57. The van der Waals surface area contributed by atoms with Crippen molar-refractivity contribution in [3.05, 3.63) is 29.8 Å². The molecule has 1 aliphatic heterocycles. The molecule has 1 aromatic rings. The molecule has 2 atom stereocenters. The molecule has 4 heteroatoms. The van der Waals surface area contributed by atoms with Gasteiger partial charge in [-0.15, -0.1) is 0 Å². The van der Waals surface area contributed by atoms with E-state index in [2.05, 4.69) is 55.0 Å². The first kappa shape index (κ1) is 13.9. The average Bonchev–Trinajstić information content (AvgIpc) is 2.29. The van der Waals surface area contributed by atoms with Gasteiger partial charge in [-0.05, 0) is 33.0 Å². The third kappa shape index (κ3) is 3.26. The zero-order valence-electron chi connectivity index (χ0n) is 11.8. The van der Waals surface area contributed by atoms with Crippen molar-refractivity contribution in [1.29, 1.82) is 0 Å². The molecule has 1 saturated heterocycles. The highest BCUT2D eigenvalue weighted by Crippen LogP contribution is 2.26. The zero-order chi connectivity index (χ0) is 14.0. The van der Waals surface area contributed by atoms with Gasteiger partial charge in [0.25, 0.3) is 0 Å². The van der Waals surface area contributed by atoms with Gasteiger partial charge in [-0.3, -0.25) is 4.79 Å². The number of rotatable bonds is 3. The molecular formula is C15H22N2O2. The lowest BCUT2D eigenvalue weighted by molar-refractivity contribution is -0.137. The topological polar surface area (TPSA) is 43.8 Å². The van der Waals surface area contributed by atoms with Gasteiger partial charge in [0.2, 0.25) is 0 Å². The van der Waals surface area contributed by atoms with Crippen LogP contribution in [-0.4, -0.2) is 48.2 Å². The van der Waals surface area contributed by atoms with E-state index in [1.54, 1.807) is 0 Å². The Morgan fingerprint density at radius 1 is 1.32 bits per heavy atom. The summed E-state index contributed by atoms with van der Waals surface area (Å²) in [7, 11) is 2.05. The molecule has 0 saturated carbocycles. The molecule has 0 aliphatic carbocycles. The van der Waals surface area contributed by atoms with Crippen molar-refractivity contribution in [3.8, 4) is 0 Å². The lowest BCUT2D eigenvalue weighted by atomic mass is 10.0. The number of carboxylic acids is 1. The second-order valence-corrected chi connectivity index (χ2v) is 5.56. The highest BCUT2D eigenvalue weighted by atomic mass is 16.4. The Balaban J connectivity index is 2.26. The van der Waals surface area contributed by atoms with Crippen LogP contribution >= 0.6 is 0 Å². The summed E-state index contributed by atoms with van der Waals surface area (Å²) in [5, 5.41) is 9.10. The molecule has 4 nitrogen and oxygen atoms in total. The maximum absolute atomic E-state index is 11.1. The Kier molecular flexibility index (Phi) is 4.10. The molecule has 1 fully saturated rings. The van der Waals surface area contributed by atoms with Crippen molar-refractivity contribution in [2.45, 2.75) is 32.4 Å². The molecule has 0 bridgehead atoms. The van der Waals surface area contributed by atoms with Gasteiger partial charge in [0.1, 0.15) is 0 Å². The largest absolute Gasteiger partial charge is 0.481 e. The number of carboxylic acid groups (broad SMARTS) is 1. The van der Waals surface area contributed by atoms with E-state index in [9.17, 15) is 4.79 Å². The van der Waals surface area contributed by atoms with Crippen LogP contribution in [0.2, 0.25) is 0 Å². The molecule has 19 heavy (non-hydrogen) atoms. The van der Waals surface area contributed by atoms with Crippen LogP contribution < -0.4 is 4.90 Å². The third-order valence-electron chi connectivity index (χ3n) is 3.71. The molecule has 2 unspecified atom stereocenters. The molecule has 0 aromatic heterocycles. The Bertz CT molecular complexity index is 444. The summed E-state index contributed by atoms with van der Waals surface area (Å²) >= 11 is 0. The van der Waals surface area contributed by atoms with E-state index >= 15 is 0 Å². The summed E-state index contributed by atoms with van der Waals surface area (Å²) in [6.07, 6.45) is 0.183. The van der Waals surface area contributed by atoms with Crippen LogP contribution in [0, 0.1) is 6.92 Å². The minimum Gasteiger partial charge on any atom is -0.481 e. The van der Waals surface area contributed by atoms with Gasteiger partial charge in [-0.2, -0.15) is 0 Å². The summed E-state index contributed by atoms with van der Waals surface area (Å²) < 4.78 is 0. The summed E-state index contributed by atoms with van der Waals surface area (Å²) in [5.41, 5.74) is 2.35. The van der Waals surface area contributed by atoms with Gasteiger partial charge in [0, 0.05) is 24.8 Å². The number of hydrogen-bond donors (Lipinski definition) is 1. The first-order chi connectivity index (χ1) is 8.97. The fraction of sp³-hybridized carbons (Fsp3) is 0.533. The molecule has 0 spiro atoms. The van der Waals surface area contributed by atoms with Crippen LogP contribution in [0.4, 0.5) is 5.69 Å². The number of piperazine rings is 1. The van der Waals surface area contributed by atoms with Crippen molar-refractivity contribution in [2.75, 3.05) is 25.0 Å². The van der Waals surface area contributed by atoms with Gasteiger partial charge in [-0.1, -0.05) is 17.7 Å². The van der Waals surface area contributed by atoms with Gasteiger partial charge in [-0.25, -0.2) is 0 Å². The van der Waals surface area contributed by atoms with Crippen molar-refractivity contribution in [3.63, 3.8) is 0 Å². The molecule has 2 rings (SSSR count). The standard InChI is InChI=1S/C15H22N2O2/c1-11-4-6-13(7-5-11)17-12(2)9-16(3)10-14(17)8-15(18)19/h4-7,12,14H,8-10H2,1-3H3,(H,18,19). The van der Waals surface area contributed by atoms with E-state index < -0.39 is 5.97 Å². The maximum atomic E-state index is 11.1. The molecule has 1 heterocycles. The SMILES string of the molecule is Cc1ccc(N2C(C)CN(C)CC2CC(=O)O)cc1. The van der Waals surface area contributed by atoms with Crippen LogP contribution in [0.25, 0.3) is 0 Å². The average molecular weight is 262 g/mol. The van der Waals surface area contributed by atoms with E-state index in [1.165, 1.54) is 5.56 Å². The molecule has 0 radical (unpaired) electrons. The Morgan fingerprint density at radius 2 is 1.95 bits per heavy atom. The summed E-state index contributed by atoms with van der Waals surface area (Å²) in [5.74, 6) is -0.732. The highest BCUT2D eigenvalue weighted by Gasteiger charge is 2.32. The second kappa shape index (κ2) is 5.61. The quantitative estimate of drug-likeness (QED) is 0.904.